The summed E-state index contributed by atoms with van der Waals surface area (Å²) in [5, 5.41) is 10.2. The first kappa shape index (κ1) is 19.9. The Balaban J connectivity index is 1.76. The van der Waals surface area contributed by atoms with Gasteiger partial charge in [0.1, 0.15) is 23.1 Å². The molecule has 0 saturated carbocycles. The van der Waals surface area contributed by atoms with E-state index in [0.29, 0.717) is 5.56 Å². The predicted molar refractivity (Wildman–Crippen MR) is 101 cm³/mol. The molecule has 0 saturated heterocycles. The highest BCUT2D eigenvalue weighted by Crippen LogP contribution is 2.32. The van der Waals surface area contributed by atoms with Crippen LogP contribution in [0.1, 0.15) is 21.5 Å². The van der Waals surface area contributed by atoms with E-state index in [9.17, 15) is 23.1 Å². The SMILES string of the molecule is NC(=NC(=O)c1ccccc1)c1ccc(Oc2ccc(C(F)(F)F)cc2)cc1O. The minimum absolute atomic E-state index is 0.119. The molecule has 3 aromatic carbocycles. The zero-order valence-corrected chi connectivity index (χ0v) is 14.9. The molecule has 0 bridgehead atoms. The minimum Gasteiger partial charge on any atom is -0.507 e. The monoisotopic (exact) mass is 400 g/mol. The van der Waals surface area contributed by atoms with Crippen LogP contribution in [0.3, 0.4) is 0 Å². The van der Waals surface area contributed by atoms with Crippen LogP contribution in [0.5, 0.6) is 17.2 Å². The number of phenols is 1. The van der Waals surface area contributed by atoms with Gasteiger partial charge in [0.05, 0.1) is 11.1 Å². The van der Waals surface area contributed by atoms with E-state index in [-0.39, 0.29) is 28.6 Å². The minimum atomic E-state index is -4.44. The Hall–Kier alpha value is -3.81. The van der Waals surface area contributed by atoms with Crippen LogP contribution in [-0.4, -0.2) is 16.8 Å². The summed E-state index contributed by atoms with van der Waals surface area (Å²) in [5.74, 6) is -0.708. The normalized spacial score (nSPS) is 11.9. The summed E-state index contributed by atoms with van der Waals surface area (Å²) in [4.78, 5) is 15.9. The van der Waals surface area contributed by atoms with E-state index >= 15 is 0 Å². The summed E-state index contributed by atoms with van der Waals surface area (Å²) < 4.78 is 43.2. The molecule has 0 aliphatic heterocycles. The van der Waals surface area contributed by atoms with Crippen LogP contribution >= 0.6 is 0 Å². The number of aliphatic imine (C=N–C) groups is 1. The zero-order chi connectivity index (χ0) is 21.0. The number of alkyl halides is 3. The molecule has 3 aromatic rings. The summed E-state index contributed by atoms with van der Waals surface area (Å²) in [6.45, 7) is 0. The molecule has 3 rings (SSSR count). The van der Waals surface area contributed by atoms with E-state index in [2.05, 4.69) is 4.99 Å². The molecule has 0 aliphatic carbocycles. The number of nitrogens with zero attached hydrogens (tertiary/aromatic N) is 1. The molecule has 5 nitrogen and oxygen atoms in total. The third-order valence-electron chi connectivity index (χ3n) is 3.91. The third kappa shape index (κ3) is 4.92. The Bertz CT molecular complexity index is 1050. The number of hydrogen-bond donors (Lipinski definition) is 2. The van der Waals surface area contributed by atoms with Crippen LogP contribution in [0.2, 0.25) is 0 Å². The summed E-state index contributed by atoms with van der Waals surface area (Å²) in [5.41, 5.74) is 5.48. The van der Waals surface area contributed by atoms with Crippen LogP contribution in [0.4, 0.5) is 13.2 Å². The lowest BCUT2D eigenvalue weighted by molar-refractivity contribution is -0.137. The standard InChI is InChI=1S/C21H15F3N2O3/c22-21(23,24)14-6-8-15(9-7-14)29-16-10-11-17(18(27)12-16)19(25)26-20(28)13-4-2-1-3-5-13/h1-12,27H,(H2,25,26,28). The molecule has 29 heavy (non-hydrogen) atoms. The highest BCUT2D eigenvalue weighted by atomic mass is 19.4. The van der Waals surface area contributed by atoms with Crippen LogP contribution in [-0.2, 0) is 6.18 Å². The number of rotatable bonds is 4. The topological polar surface area (TPSA) is 84.9 Å². The first-order chi connectivity index (χ1) is 13.7. The van der Waals surface area contributed by atoms with Gasteiger partial charge in [0.2, 0.25) is 0 Å². The lowest BCUT2D eigenvalue weighted by atomic mass is 10.1. The number of nitrogens with two attached hydrogens (primary N) is 1. The average Bonchev–Trinajstić information content (AvgIpc) is 2.68. The highest BCUT2D eigenvalue weighted by Gasteiger charge is 2.30. The second kappa shape index (κ2) is 8.05. The second-order valence-corrected chi connectivity index (χ2v) is 5.97. The first-order valence-electron chi connectivity index (χ1n) is 8.36. The quantitative estimate of drug-likeness (QED) is 0.489. The molecule has 0 aliphatic rings. The Morgan fingerprint density at radius 3 is 2.14 bits per heavy atom. The maximum Gasteiger partial charge on any atom is 0.416 e. The van der Waals surface area contributed by atoms with Gasteiger partial charge in [-0.1, -0.05) is 18.2 Å². The lowest BCUT2D eigenvalue weighted by Crippen LogP contribution is -2.16. The fourth-order valence-electron chi connectivity index (χ4n) is 2.45. The molecule has 8 heteroatoms. The van der Waals surface area contributed by atoms with E-state index < -0.39 is 17.6 Å². The van der Waals surface area contributed by atoms with E-state index in [4.69, 9.17) is 10.5 Å². The smallest absolute Gasteiger partial charge is 0.416 e. The number of carbonyl (C=O) groups excluding carboxylic acids is 1. The number of amidine groups is 1. The van der Waals surface area contributed by atoms with Crippen molar-refractivity contribution in [3.8, 4) is 17.2 Å². The van der Waals surface area contributed by atoms with Crippen LogP contribution in [0, 0.1) is 0 Å². The molecule has 1 amide bonds. The number of ether oxygens (including phenoxy) is 1. The van der Waals surface area contributed by atoms with Gasteiger partial charge in [0.25, 0.3) is 5.91 Å². The van der Waals surface area contributed by atoms with E-state index in [1.807, 2.05) is 0 Å². The van der Waals surface area contributed by atoms with Crippen LogP contribution in [0.15, 0.2) is 77.8 Å². The lowest BCUT2D eigenvalue weighted by Gasteiger charge is -2.10. The molecule has 0 atom stereocenters. The largest absolute Gasteiger partial charge is 0.507 e. The van der Waals surface area contributed by atoms with Crippen molar-refractivity contribution in [3.05, 3.63) is 89.5 Å². The molecule has 0 aromatic heterocycles. The van der Waals surface area contributed by atoms with Crippen molar-refractivity contribution in [2.75, 3.05) is 0 Å². The molecule has 3 N–H and O–H groups in total. The average molecular weight is 400 g/mol. The fraction of sp³-hybridized carbons (Fsp3) is 0.0476. The summed E-state index contributed by atoms with van der Waals surface area (Å²) >= 11 is 0. The van der Waals surface area contributed by atoms with Crippen LogP contribution < -0.4 is 10.5 Å². The van der Waals surface area contributed by atoms with Crippen molar-refractivity contribution in [2.45, 2.75) is 6.18 Å². The molecular formula is C21H15F3N2O3. The number of halogens is 3. The number of carbonyl (C=O) groups is 1. The summed E-state index contributed by atoms with van der Waals surface area (Å²) in [7, 11) is 0. The van der Waals surface area contributed by atoms with Gasteiger partial charge >= 0.3 is 6.18 Å². The van der Waals surface area contributed by atoms with Crippen molar-refractivity contribution in [1.82, 2.24) is 0 Å². The van der Waals surface area contributed by atoms with Gasteiger partial charge in [-0.15, -0.1) is 0 Å². The molecule has 0 fully saturated rings. The molecule has 0 unspecified atom stereocenters. The molecule has 0 heterocycles. The van der Waals surface area contributed by atoms with E-state index in [1.54, 1.807) is 30.3 Å². The van der Waals surface area contributed by atoms with Gasteiger partial charge in [0, 0.05) is 11.6 Å². The number of hydrogen-bond acceptors (Lipinski definition) is 3. The van der Waals surface area contributed by atoms with Gasteiger partial charge in [-0.05, 0) is 48.5 Å². The van der Waals surface area contributed by atoms with E-state index in [0.717, 1.165) is 12.1 Å². The Morgan fingerprint density at radius 2 is 1.55 bits per heavy atom. The number of aromatic hydroxyl groups is 1. The molecular weight excluding hydrogens is 385 g/mol. The van der Waals surface area contributed by atoms with Gasteiger partial charge in [-0.2, -0.15) is 18.2 Å². The van der Waals surface area contributed by atoms with Crippen molar-refractivity contribution < 1.29 is 27.8 Å². The Labute approximate surface area is 163 Å². The second-order valence-electron chi connectivity index (χ2n) is 5.97. The number of phenolic OH excluding ortho intramolecular Hbond substituents is 1. The van der Waals surface area contributed by atoms with Gasteiger partial charge < -0.3 is 15.6 Å². The van der Waals surface area contributed by atoms with Gasteiger partial charge in [0.15, 0.2) is 0 Å². The Morgan fingerprint density at radius 1 is 0.931 bits per heavy atom. The fourth-order valence-corrected chi connectivity index (χ4v) is 2.45. The Kier molecular flexibility index (Phi) is 5.54. The van der Waals surface area contributed by atoms with Crippen molar-refractivity contribution in [1.29, 1.82) is 0 Å². The van der Waals surface area contributed by atoms with Crippen molar-refractivity contribution >= 4 is 11.7 Å². The molecule has 148 valence electrons. The number of amides is 1. The summed E-state index contributed by atoms with van der Waals surface area (Å²) in [6, 6.07) is 16.5. The first-order valence-corrected chi connectivity index (χ1v) is 8.36. The predicted octanol–water partition coefficient (Wildman–Crippen LogP) is 4.75. The van der Waals surface area contributed by atoms with Crippen LogP contribution in [0.25, 0.3) is 0 Å². The molecule has 0 spiro atoms. The zero-order valence-electron chi connectivity index (χ0n) is 14.9. The maximum absolute atomic E-state index is 12.6. The molecule has 0 radical (unpaired) electrons. The maximum atomic E-state index is 12.6. The van der Waals surface area contributed by atoms with Crippen molar-refractivity contribution in [2.24, 2.45) is 10.7 Å². The highest BCUT2D eigenvalue weighted by molar-refractivity contribution is 6.09. The number of benzene rings is 3. The summed E-state index contributed by atoms with van der Waals surface area (Å²) in [6.07, 6.45) is -4.44. The van der Waals surface area contributed by atoms with Gasteiger partial charge in [-0.25, -0.2) is 0 Å². The third-order valence-corrected chi connectivity index (χ3v) is 3.91. The van der Waals surface area contributed by atoms with Gasteiger partial charge in [-0.3, -0.25) is 4.79 Å². The van der Waals surface area contributed by atoms with Crippen molar-refractivity contribution in [3.63, 3.8) is 0 Å². The van der Waals surface area contributed by atoms with E-state index in [1.165, 1.54) is 30.3 Å².